The number of nitrogens with one attached hydrogen (secondary N) is 1. The lowest BCUT2D eigenvalue weighted by Gasteiger charge is -2.19. The first-order valence-corrected chi connectivity index (χ1v) is 6.56. The second-order valence-electron chi connectivity index (χ2n) is 5.10. The van der Waals surface area contributed by atoms with Crippen molar-refractivity contribution in [3.05, 3.63) is 0 Å². The molecule has 0 radical (unpaired) electrons. The van der Waals surface area contributed by atoms with E-state index in [1.165, 1.54) is 0 Å². The molecule has 0 fully saturated rings. The molecular weight excluding hydrogens is 232 g/mol. The molecule has 0 aliphatic carbocycles. The predicted octanol–water partition coefficient (Wildman–Crippen LogP) is 1.34. The average Bonchev–Trinajstić information content (AvgIpc) is 2.28. The Labute approximate surface area is 110 Å². The molecule has 2 N–H and O–H groups in total. The molecule has 0 saturated heterocycles. The van der Waals surface area contributed by atoms with Crippen LogP contribution < -0.4 is 5.32 Å². The minimum absolute atomic E-state index is 0.0214. The van der Waals surface area contributed by atoms with Gasteiger partial charge in [0.1, 0.15) is 0 Å². The molecule has 0 aliphatic heterocycles. The van der Waals surface area contributed by atoms with E-state index in [9.17, 15) is 9.59 Å². The topological polar surface area (TPSA) is 69.6 Å². The maximum atomic E-state index is 11.6. The maximum Gasteiger partial charge on any atom is 0.309 e. The van der Waals surface area contributed by atoms with Gasteiger partial charge in [-0.3, -0.25) is 9.59 Å². The number of hydrogen-bond donors (Lipinski definition) is 2. The van der Waals surface area contributed by atoms with Crippen molar-refractivity contribution in [3.63, 3.8) is 0 Å². The second kappa shape index (κ2) is 8.08. The highest BCUT2D eigenvalue weighted by molar-refractivity contribution is 5.84. The molecule has 106 valence electrons. The Morgan fingerprint density at radius 2 is 1.78 bits per heavy atom. The Morgan fingerprint density at radius 1 is 1.22 bits per heavy atom. The number of amides is 1. The van der Waals surface area contributed by atoms with Gasteiger partial charge in [0.25, 0.3) is 0 Å². The molecule has 0 atom stereocenters. The monoisotopic (exact) mass is 258 g/mol. The SMILES string of the molecule is CCN(CC)CCCNC(=O)CC(C)(C)C(=O)O. The molecular formula is C13H26N2O3. The van der Waals surface area contributed by atoms with Gasteiger partial charge in [-0.1, -0.05) is 13.8 Å². The first-order chi connectivity index (χ1) is 8.33. The fraction of sp³-hybridized carbons (Fsp3) is 0.846. The van der Waals surface area contributed by atoms with Crippen molar-refractivity contribution in [2.75, 3.05) is 26.2 Å². The summed E-state index contributed by atoms with van der Waals surface area (Å²) in [5.41, 5.74) is -0.997. The number of nitrogens with zero attached hydrogens (tertiary/aromatic N) is 1. The normalized spacial score (nSPS) is 11.6. The second-order valence-corrected chi connectivity index (χ2v) is 5.10. The van der Waals surface area contributed by atoms with Gasteiger partial charge >= 0.3 is 5.97 Å². The van der Waals surface area contributed by atoms with Crippen LogP contribution in [0, 0.1) is 5.41 Å². The fourth-order valence-corrected chi connectivity index (χ4v) is 1.61. The summed E-state index contributed by atoms with van der Waals surface area (Å²) in [6.07, 6.45) is 0.911. The zero-order valence-corrected chi connectivity index (χ0v) is 12.0. The van der Waals surface area contributed by atoms with Crippen LogP contribution in [0.15, 0.2) is 0 Å². The average molecular weight is 258 g/mol. The number of carboxylic acid groups (broad SMARTS) is 1. The van der Waals surface area contributed by atoms with Gasteiger partial charge < -0.3 is 15.3 Å². The number of carbonyl (C=O) groups is 2. The van der Waals surface area contributed by atoms with Crippen LogP contribution in [0.5, 0.6) is 0 Å². The highest BCUT2D eigenvalue weighted by Crippen LogP contribution is 2.19. The number of carboxylic acids is 1. The van der Waals surface area contributed by atoms with Crippen LogP contribution in [0.1, 0.15) is 40.5 Å². The van der Waals surface area contributed by atoms with Crippen LogP contribution in [0.4, 0.5) is 0 Å². The summed E-state index contributed by atoms with van der Waals surface area (Å²) in [5, 5.41) is 11.7. The lowest BCUT2D eigenvalue weighted by molar-refractivity contribution is -0.149. The van der Waals surface area contributed by atoms with E-state index >= 15 is 0 Å². The molecule has 0 unspecified atom stereocenters. The van der Waals surface area contributed by atoms with Crippen molar-refractivity contribution in [2.45, 2.75) is 40.5 Å². The van der Waals surface area contributed by atoms with Crippen LogP contribution in [0.2, 0.25) is 0 Å². The van der Waals surface area contributed by atoms with E-state index in [0.717, 1.165) is 26.1 Å². The van der Waals surface area contributed by atoms with Gasteiger partial charge in [-0.2, -0.15) is 0 Å². The van der Waals surface area contributed by atoms with Crippen molar-refractivity contribution in [1.82, 2.24) is 10.2 Å². The molecule has 0 heterocycles. The summed E-state index contributed by atoms with van der Waals surface area (Å²) in [6.45, 7) is 10.9. The van der Waals surface area contributed by atoms with Crippen LogP contribution in [0.3, 0.4) is 0 Å². The highest BCUT2D eigenvalue weighted by Gasteiger charge is 2.29. The lowest BCUT2D eigenvalue weighted by Crippen LogP contribution is -2.35. The molecule has 1 amide bonds. The predicted molar refractivity (Wildman–Crippen MR) is 71.4 cm³/mol. The number of rotatable bonds is 9. The molecule has 0 spiro atoms. The zero-order chi connectivity index (χ0) is 14.2. The van der Waals surface area contributed by atoms with Gasteiger partial charge in [-0.15, -0.1) is 0 Å². The standard InChI is InChI=1S/C13H26N2O3/c1-5-15(6-2)9-7-8-14-11(16)10-13(3,4)12(17)18/h5-10H2,1-4H3,(H,14,16)(H,17,18). The molecule has 5 nitrogen and oxygen atoms in total. The fourth-order valence-electron chi connectivity index (χ4n) is 1.61. The van der Waals surface area contributed by atoms with E-state index < -0.39 is 11.4 Å². The Morgan fingerprint density at radius 3 is 2.22 bits per heavy atom. The molecule has 0 rings (SSSR count). The third-order valence-corrected chi connectivity index (χ3v) is 3.05. The molecule has 0 aromatic carbocycles. The minimum atomic E-state index is -0.997. The Bertz CT molecular complexity index is 273. The van der Waals surface area contributed by atoms with Gasteiger partial charge in [-0.25, -0.2) is 0 Å². The van der Waals surface area contributed by atoms with Crippen molar-refractivity contribution >= 4 is 11.9 Å². The number of carbonyl (C=O) groups excluding carboxylic acids is 1. The summed E-state index contributed by atoms with van der Waals surface area (Å²) in [7, 11) is 0. The van der Waals surface area contributed by atoms with Crippen LogP contribution in [-0.2, 0) is 9.59 Å². The summed E-state index contributed by atoms with van der Waals surface area (Å²) >= 11 is 0. The van der Waals surface area contributed by atoms with Crippen molar-refractivity contribution in [3.8, 4) is 0 Å². The van der Waals surface area contributed by atoms with E-state index in [1.54, 1.807) is 13.8 Å². The largest absolute Gasteiger partial charge is 0.481 e. The Balaban J connectivity index is 3.82. The number of hydrogen-bond acceptors (Lipinski definition) is 3. The number of aliphatic carboxylic acids is 1. The van der Waals surface area contributed by atoms with Crippen LogP contribution in [-0.4, -0.2) is 48.1 Å². The van der Waals surface area contributed by atoms with E-state index in [4.69, 9.17) is 5.11 Å². The van der Waals surface area contributed by atoms with E-state index in [-0.39, 0.29) is 12.3 Å². The van der Waals surface area contributed by atoms with E-state index in [2.05, 4.69) is 24.1 Å². The quantitative estimate of drug-likeness (QED) is 0.612. The molecule has 0 bridgehead atoms. The lowest BCUT2D eigenvalue weighted by atomic mass is 9.89. The first-order valence-electron chi connectivity index (χ1n) is 6.56. The van der Waals surface area contributed by atoms with E-state index in [1.807, 2.05) is 0 Å². The van der Waals surface area contributed by atoms with Gasteiger partial charge in [0.05, 0.1) is 5.41 Å². The molecule has 18 heavy (non-hydrogen) atoms. The highest BCUT2D eigenvalue weighted by atomic mass is 16.4. The minimum Gasteiger partial charge on any atom is -0.481 e. The summed E-state index contributed by atoms with van der Waals surface area (Å²) in [4.78, 5) is 24.7. The third-order valence-electron chi connectivity index (χ3n) is 3.05. The van der Waals surface area contributed by atoms with Gasteiger partial charge in [0, 0.05) is 13.0 Å². The maximum absolute atomic E-state index is 11.6. The molecule has 0 aromatic heterocycles. The van der Waals surface area contributed by atoms with Crippen LogP contribution in [0.25, 0.3) is 0 Å². The van der Waals surface area contributed by atoms with Gasteiger partial charge in [-0.05, 0) is 39.9 Å². The summed E-state index contributed by atoms with van der Waals surface area (Å²) < 4.78 is 0. The van der Waals surface area contributed by atoms with Gasteiger partial charge in [0.15, 0.2) is 0 Å². The zero-order valence-electron chi connectivity index (χ0n) is 12.0. The van der Waals surface area contributed by atoms with Gasteiger partial charge in [0.2, 0.25) is 5.91 Å². The van der Waals surface area contributed by atoms with E-state index in [0.29, 0.717) is 6.54 Å². The summed E-state index contributed by atoms with van der Waals surface area (Å²) in [5.74, 6) is -1.14. The van der Waals surface area contributed by atoms with Crippen molar-refractivity contribution < 1.29 is 14.7 Å². The molecule has 0 saturated carbocycles. The molecule has 5 heteroatoms. The first kappa shape index (κ1) is 16.9. The summed E-state index contributed by atoms with van der Waals surface area (Å²) in [6, 6.07) is 0. The van der Waals surface area contributed by atoms with Crippen molar-refractivity contribution in [2.24, 2.45) is 5.41 Å². The van der Waals surface area contributed by atoms with Crippen molar-refractivity contribution in [1.29, 1.82) is 0 Å². The Hall–Kier alpha value is -1.10. The van der Waals surface area contributed by atoms with Crippen LogP contribution >= 0.6 is 0 Å². The Kier molecular flexibility index (Phi) is 7.59. The molecule has 0 aliphatic rings. The third kappa shape index (κ3) is 6.59. The molecule has 0 aromatic rings. The smallest absolute Gasteiger partial charge is 0.309 e.